The number of aromatic nitrogens is 1. The molecule has 2 heterocycles. The summed E-state index contributed by atoms with van der Waals surface area (Å²) in [5.41, 5.74) is 0.324. The van der Waals surface area contributed by atoms with E-state index < -0.39 is 5.82 Å². The third-order valence-electron chi connectivity index (χ3n) is 3.90. The summed E-state index contributed by atoms with van der Waals surface area (Å²) in [6.07, 6.45) is 1.70. The molecule has 3 rings (SSSR count). The molecule has 0 aliphatic carbocycles. The van der Waals surface area contributed by atoms with Crippen LogP contribution in [0.25, 0.3) is 0 Å². The van der Waals surface area contributed by atoms with Gasteiger partial charge in [0.25, 0.3) is 0 Å². The second-order valence-corrected chi connectivity index (χ2v) is 6.87. The van der Waals surface area contributed by atoms with Crippen LogP contribution >= 0.6 is 34.2 Å². The maximum atomic E-state index is 14.2. The monoisotopic (exact) mass is 460 g/mol. The molecule has 0 spiro atoms. The van der Waals surface area contributed by atoms with Crippen molar-refractivity contribution in [1.29, 1.82) is 0 Å². The summed E-state index contributed by atoms with van der Waals surface area (Å²) in [6, 6.07) is 8.38. The van der Waals surface area contributed by atoms with Crippen molar-refractivity contribution in [2.45, 2.75) is 0 Å². The maximum absolute atomic E-state index is 14.2. The molecule has 0 saturated carbocycles. The van der Waals surface area contributed by atoms with E-state index in [1.165, 1.54) is 6.07 Å². The number of nitrogens with zero attached hydrogens (tertiary/aromatic N) is 4. The Morgan fingerprint density at radius 3 is 2.58 bits per heavy atom. The fraction of sp³-hybridized carbons (Fsp3) is 0.250. The standard InChI is InChI=1S/C16H15ClFIN4O/c17-11-3-2-6-20-15(11)22-7-9-23(10-8-22)16(21-24)14-12(18)4-1-5-13(14)19/h1-6,24H,7-10H2. The number of hydrogen-bond acceptors (Lipinski definition) is 4. The first-order valence-electron chi connectivity index (χ1n) is 7.38. The van der Waals surface area contributed by atoms with E-state index in [2.05, 4.69) is 15.0 Å². The van der Waals surface area contributed by atoms with Crippen LogP contribution in [0.1, 0.15) is 5.56 Å². The summed E-state index contributed by atoms with van der Waals surface area (Å²) in [5.74, 6) is 0.593. The second-order valence-electron chi connectivity index (χ2n) is 5.30. The molecule has 0 bridgehead atoms. The molecule has 0 unspecified atom stereocenters. The molecule has 1 aromatic carbocycles. The zero-order valence-electron chi connectivity index (χ0n) is 12.7. The fourth-order valence-electron chi connectivity index (χ4n) is 2.72. The number of halogens is 3. The normalized spacial score (nSPS) is 15.7. The van der Waals surface area contributed by atoms with Crippen LogP contribution in [0.2, 0.25) is 5.02 Å². The molecule has 1 saturated heterocycles. The number of pyridine rings is 1. The topological polar surface area (TPSA) is 52.0 Å². The number of oxime groups is 1. The van der Waals surface area contributed by atoms with Crippen molar-refractivity contribution >= 4 is 45.8 Å². The largest absolute Gasteiger partial charge is 0.409 e. The average Bonchev–Trinajstić information content (AvgIpc) is 2.59. The van der Waals surface area contributed by atoms with Crippen LogP contribution in [0.3, 0.4) is 0 Å². The Balaban J connectivity index is 1.77. The van der Waals surface area contributed by atoms with Gasteiger partial charge >= 0.3 is 0 Å². The first kappa shape index (κ1) is 17.2. The molecule has 8 heteroatoms. The SMILES string of the molecule is ON=C(c1c(F)cccc1I)N1CCN(c2ncccc2Cl)CC1. The van der Waals surface area contributed by atoms with Crippen molar-refractivity contribution in [3.05, 3.63) is 56.5 Å². The van der Waals surface area contributed by atoms with Gasteiger partial charge in [-0.1, -0.05) is 22.8 Å². The molecule has 5 nitrogen and oxygen atoms in total. The van der Waals surface area contributed by atoms with E-state index in [9.17, 15) is 9.60 Å². The predicted octanol–water partition coefficient (Wildman–Crippen LogP) is 3.44. The fourth-order valence-corrected chi connectivity index (χ4v) is 3.67. The molecule has 24 heavy (non-hydrogen) atoms. The summed E-state index contributed by atoms with van der Waals surface area (Å²) in [7, 11) is 0. The van der Waals surface area contributed by atoms with Crippen molar-refractivity contribution in [3.8, 4) is 0 Å². The van der Waals surface area contributed by atoms with Crippen molar-refractivity contribution in [2.75, 3.05) is 31.1 Å². The number of amidine groups is 1. The molecule has 0 amide bonds. The van der Waals surface area contributed by atoms with Gasteiger partial charge in [0.2, 0.25) is 0 Å². The summed E-state index contributed by atoms with van der Waals surface area (Å²) in [5, 5.41) is 13.4. The molecule has 1 aliphatic heterocycles. The Hall–Kier alpha value is -1.61. The lowest BCUT2D eigenvalue weighted by molar-refractivity contribution is 0.295. The van der Waals surface area contributed by atoms with E-state index in [0.717, 1.165) is 5.82 Å². The Labute approximate surface area is 157 Å². The number of hydrogen-bond donors (Lipinski definition) is 1. The second kappa shape index (κ2) is 7.52. The summed E-state index contributed by atoms with van der Waals surface area (Å²) >= 11 is 8.23. The molecular weight excluding hydrogens is 446 g/mol. The Morgan fingerprint density at radius 2 is 1.96 bits per heavy atom. The van der Waals surface area contributed by atoms with E-state index in [-0.39, 0.29) is 5.84 Å². The van der Waals surface area contributed by atoms with Gasteiger partial charge in [-0.15, -0.1) is 0 Å². The zero-order valence-corrected chi connectivity index (χ0v) is 15.6. The Bertz CT molecular complexity index is 745. The summed E-state index contributed by atoms with van der Waals surface area (Å²) in [4.78, 5) is 8.25. The molecule has 1 aromatic heterocycles. The van der Waals surface area contributed by atoms with E-state index in [1.54, 1.807) is 30.5 Å². The Kier molecular flexibility index (Phi) is 5.40. The van der Waals surface area contributed by atoms with Crippen LogP contribution in [0, 0.1) is 9.39 Å². The highest BCUT2D eigenvalue weighted by molar-refractivity contribution is 14.1. The first-order valence-corrected chi connectivity index (χ1v) is 8.84. The van der Waals surface area contributed by atoms with Crippen molar-refractivity contribution in [3.63, 3.8) is 0 Å². The highest BCUT2D eigenvalue weighted by Crippen LogP contribution is 2.25. The van der Waals surface area contributed by atoms with Crippen molar-refractivity contribution in [1.82, 2.24) is 9.88 Å². The van der Waals surface area contributed by atoms with Gasteiger partial charge in [-0.25, -0.2) is 9.37 Å². The maximum Gasteiger partial charge on any atom is 0.179 e. The van der Waals surface area contributed by atoms with Crippen LogP contribution in [0.4, 0.5) is 10.2 Å². The van der Waals surface area contributed by atoms with Gasteiger partial charge in [0.05, 0.1) is 10.6 Å². The molecular formula is C16H15ClFIN4O. The smallest absolute Gasteiger partial charge is 0.179 e. The number of piperazine rings is 1. The average molecular weight is 461 g/mol. The molecule has 2 aromatic rings. The minimum Gasteiger partial charge on any atom is -0.409 e. The molecule has 1 fully saturated rings. The third-order valence-corrected chi connectivity index (χ3v) is 5.09. The van der Waals surface area contributed by atoms with Crippen molar-refractivity contribution in [2.24, 2.45) is 5.16 Å². The predicted molar refractivity (Wildman–Crippen MR) is 100 cm³/mol. The minimum atomic E-state index is -0.398. The van der Waals surface area contributed by atoms with Gasteiger partial charge in [0, 0.05) is 35.9 Å². The van der Waals surface area contributed by atoms with Crippen LogP contribution in [-0.2, 0) is 0 Å². The van der Waals surface area contributed by atoms with Gasteiger partial charge < -0.3 is 15.0 Å². The summed E-state index contributed by atoms with van der Waals surface area (Å²) < 4.78 is 14.9. The lowest BCUT2D eigenvalue weighted by Crippen LogP contribution is -2.49. The first-order chi connectivity index (χ1) is 11.6. The van der Waals surface area contributed by atoms with E-state index in [0.29, 0.717) is 40.3 Å². The molecule has 1 N–H and O–H groups in total. The van der Waals surface area contributed by atoms with Crippen LogP contribution < -0.4 is 4.90 Å². The zero-order chi connectivity index (χ0) is 17.1. The highest BCUT2D eigenvalue weighted by atomic mass is 127. The van der Waals surface area contributed by atoms with Gasteiger partial charge in [-0.05, 0) is 46.9 Å². The number of anilines is 1. The van der Waals surface area contributed by atoms with Gasteiger partial charge in [-0.3, -0.25) is 0 Å². The van der Waals surface area contributed by atoms with Crippen LogP contribution in [-0.4, -0.2) is 47.1 Å². The molecule has 0 atom stereocenters. The van der Waals surface area contributed by atoms with E-state index >= 15 is 0 Å². The third kappa shape index (κ3) is 3.41. The lowest BCUT2D eigenvalue weighted by Gasteiger charge is -2.37. The van der Waals surface area contributed by atoms with Gasteiger partial charge in [0.1, 0.15) is 11.6 Å². The van der Waals surface area contributed by atoms with Gasteiger partial charge in [0.15, 0.2) is 5.84 Å². The van der Waals surface area contributed by atoms with Gasteiger partial charge in [-0.2, -0.15) is 0 Å². The lowest BCUT2D eigenvalue weighted by atomic mass is 10.1. The minimum absolute atomic E-state index is 0.254. The quantitative estimate of drug-likeness (QED) is 0.245. The molecule has 126 valence electrons. The molecule has 1 aliphatic rings. The molecule has 0 radical (unpaired) electrons. The van der Waals surface area contributed by atoms with E-state index in [4.69, 9.17) is 11.6 Å². The summed E-state index contributed by atoms with van der Waals surface area (Å²) in [6.45, 7) is 2.47. The Morgan fingerprint density at radius 1 is 1.21 bits per heavy atom. The van der Waals surface area contributed by atoms with Crippen LogP contribution in [0.15, 0.2) is 41.7 Å². The van der Waals surface area contributed by atoms with Crippen LogP contribution in [0.5, 0.6) is 0 Å². The van der Waals surface area contributed by atoms with E-state index in [1.807, 2.05) is 27.5 Å². The number of benzene rings is 1. The highest BCUT2D eigenvalue weighted by Gasteiger charge is 2.26. The van der Waals surface area contributed by atoms with Crippen molar-refractivity contribution < 1.29 is 9.60 Å². The number of rotatable bonds is 2.